The van der Waals surface area contributed by atoms with Crippen LogP contribution in [0.2, 0.25) is 0 Å². The second-order valence-corrected chi connectivity index (χ2v) is 16.0. The quantitative estimate of drug-likeness (QED) is 0.550. The Hall–Kier alpha value is 2.17. The van der Waals surface area contributed by atoms with Gasteiger partial charge in [-0.3, -0.25) is 0 Å². The molecule has 0 rings (SSSR count). The highest BCUT2D eigenvalue weighted by atomic mass is 35.5. The molecule has 0 nitrogen and oxygen atoms in total. The van der Waals surface area contributed by atoms with Crippen LogP contribution in [0.15, 0.2) is 0 Å². The van der Waals surface area contributed by atoms with Gasteiger partial charge in [0.2, 0.25) is 0 Å². The summed E-state index contributed by atoms with van der Waals surface area (Å²) in [7, 11) is -1.83. The number of halogens is 6. The Labute approximate surface area is 100 Å². The van der Waals surface area contributed by atoms with Crippen LogP contribution in [0, 0.1) is 0 Å². The van der Waals surface area contributed by atoms with Crippen molar-refractivity contribution in [2.24, 2.45) is 0 Å². The van der Waals surface area contributed by atoms with Gasteiger partial charge >= 0.3 is 0 Å². The second kappa shape index (κ2) is 5.81. The Kier molecular flexibility index (Phi) is 6.96. The maximum atomic E-state index is 5.88. The molecule has 8 heteroatoms. The predicted molar refractivity (Wildman–Crippen MR) is 62.5 cm³/mol. The molecular formula is C3H6Cl6Si2. The van der Waals surface area contributed by atoms with E-state index in [0.29, 0.717) is 0 Å². The first-order valence-electron chi connectivity index (χ1n) is 2.77. The van der Waals surface area contributed by atoms with Crippen molar-refractivity contribution in [2.75, 3.05) is 0 Å². The molecule has 0 spiro atoms. The van der Waals surface area contributed by atoms with Crippen molar-refractivity contribution in [1.29, 1.82) is 0 Å². The lowest BCUT2D eigenvalue weighted by atomic mass is 11.7. The molecule has 0 fully saturated rings. The zero-order valence-corrected chi connectivity index (χ0v) is 12.7. The molecule has 0 amide bonds. The normalized spacial score (nSPS) is 15.3. The molecule has 0 aromatic heterocycles. The Morgan fingerprint density at radius 1 is 0.818 bits per heavy atom. The summed E-state index contributed by atoms with van der Waals surface area (Å²) in [4.78, 5) is 0. The van der Waals surface area contributed by atoms with E-state index in [4.69, 9.17) is 69.6 Å². The summed E-state index contributed by atoms with van der Waals surface area (Å²) in [5, 5.41) is 0. The number of hydrogen-bond donors (Lipinski definition) is 0. The van der Waals surface area contributed by atoms with Crippen molar-refractivity contribution in [1.82, 2.24) is 0 Å². The van der Waals surface area contributed by atoms with E-state index in [-0.39, 0.29) is 0 Å². The Bertz CT molecular complexity index is 102. The van der Waals surface area contributed by atoms with Gasteiger partial charge in [-0.2, -0.15) is 0 Å². The molecule has 0 aromatic rings. The average molecular weight is 311 g/mol. The number of rotatable bonds is 4. The van der Waals surface area contributed by atoms with Crippen molar-refractivity contribution in [3.8, 4) is 0 Å². The molecule has 0 aliphatic heterocycles. The van der Waals surface area contributed by atoms with E-state index in [9.17, 15) is 0 Å². The first-order valence-corrected chi connectivity index (χ1v) is 8.32. The van der Waals surface area contributed by atoms with Gasteiger partial charge in [0.25, 0.3) is 0 Å². The molecule has 0 unspecified atom stereocenters. The molecule has 0 heterocycles. The molecule has 11 heavy (non-hydrogen) atoms. The van der Waals surface area contributed by atoms with Gasteiger partial charge in [0.05, 0.1) is 31.5 Å². The van der Waals surface area contributed by atoms with Crippen LogP contribution in [0.3, 0.4) is 0 Å². The molecule has 0 bridgehead atoms. The Morgan fingerprint density at radius 2 is 1.09 bits per heavy atom. The summed E-state index contributed by atoms with van der Waals surface area (Å²) >= 11 is 33.9. The summed E-state index contributed by atoms with van der Waals surface area (Å²) < 4.78 is -1.61. The first-order chi connectivity index (χ1) is 4.83. The highest BCUT2D eigenvalue weighted by Crippen LogP contribution is 2.24. The third-order valence-corrected chi connectivity index (χ3v) is 8.15. The lowest BCUT2D eigenvalue weighted by Gasteiger charge is -2.18. The van der Waals surface area contributed by atoms with Crippen LogP contribution in [0.25, 0.3) is 0 Å². The molecular weight excluding hydrogens is 305 g/mol. The molecule has 0 aliphatic rings. The van der Waals surface area contributed by atoms with Gasteiger partial charge in [-0.1, -0.05) is 0 Å². The summed E-state index contributed by atoms with van der Waals surface area (Å²) in [6.07, 6.45) is 0. The minimum absolute atomic E-state index is 0.426. The third-order valence-electron chi connectivity index (χ3n) is 0.906. The largest absolute Gasteiger partial charge is 0.111 e. The van der Waals surface area contributed by atoms with Gasteiger partial charge in [-0.15, -0.1) is 69.6 Å². The first kappa shape index (κ1) is 13.2. The predicted octanol–water partition coefficient (Wildman–Crippen LogP) is 1.94. The molecule has 0 radical (unpaired) electrons. The van der Waals surface area contributed by atoms with Gasteiger partial charge in [0, 0.05) is 0 Å². The monoisotopic (exact) mass is 308 g/mol. The van der Waals surface area contributed by atoms with Gasteiger partial charge in [-0.25, -0.2) is 0 Å². The minimum atomic E-state index is -0.914. The summed E-state index contributed by atoms with van der Waals surface area (Å²) in [6, 6.07) is 0. The van der Waals surface area contributed by atoms with Crippen LogP contribution >= 0.6 is 69.6 Å². The molecule has 0 saturated heterocycles. The zero-order valence-electron chi connectivity index (χ0n) is 5.34. The summed E-state index contributed by atoms with van der Waals surface area (Å²) in [5.74, 6) is 0. The van der Waals surface area contributed by atoms with Crippen LogP contribution in [-0.2, 0) is 0 Å². The second-order valence-electron chi connectivity index (χ2n) is 2.05. The molecule has 0 saturated carbocycles. The van der Waals surface area contributed by atoms with Crippen molar-refractivity contribution in [3.05, 3.63) is 0 Å². The molecule has 68 valence electrons. The maximum absolute atomic E-state index is 5.88. The molecule has 0 N–H and O–H groups in total. The lowest BCUT2D eigenvalue weighted by Crippen LogP contribution is -2.37. The lowest BCUT2D eigenvalue weighted by molar-refractivity contribution is 1.55. The van der Waals surface area contributed by atoms with Crippen LogP contribution < -0.4 is 0 Å². The van der Waals surface area contributed by atoms with E-state index < -0.39 is 31.5 Å². The standard InChI is InChI=1S/C3H6Cl6Si2/c4-1(5)10-3(8,9)11-2(6)7/h1-2H,10-11H2. The van der Waals surface area contributed by atoms with Gasteiger partial charge in [0.15, 0.2) is 0 Å². The summed E-state index contributed by atoms with van der Waals surface area (Å²) in [6.45, 7) is 0. The minimum Gasteiger partial charge on any atom is -0.111 e. The van der Waals surface area contributed by atoms with Crippen LogP contribution in [0.1, 0.15) is 0 Å². The number of alkyl halides is 6. The van der Waals surface area contributed by atoms with E-state index in [1.807, 2.05) is 0 Å². The van der Waals surface area contributed by atoms with Crippen molar-refractivity contribution < 1.29 is 0 Å². The van der Waals surface area contributed by atoms with Crippen LogP contribution in [0.4, 0.5) is 0 Å². The smallest absolute Gasteiger partial charge is 0.0994 e. The third kappa shape index (κ3) is 8.50. The van der Waals surface area contributed by atoms with Crippen molar-refractivity contribution in [2.45, 2.75) is 12.5 Å². The fraction of sp³-hybridized carbons (Fsp3) is 1.00. The van der Waals surface area contributed by atoms with Crippen LogP contribution in [-0.4, -0.2) is 31.5 Å². The van der Waals surface area contributed by atoms with E-state index >= 15 is 0 Å². The highest BCUT2D eigenvalue weighted by molar-refractivity contribution is 6.98. The van der Waals surface area contributed by atoms with E-state index in [1.54, 1.807) is 0 Å². The topological polar surface area (TPSA) is 0 Å². The molecule has 0 aliphatic carbocycles. The molecule has 0 aromatic carbocycles. The summed E-state index contributed by atoms with van der Waals surface area (Å²) in [5.41, 5.74) is 0. The molecule has 0 atom stereocenters. The maximum Gasteiger partial charge on any atom is 0.0994 e. The zero-order chi connectivity index (χ0) is 9.07. The van der Waals surface area contributed by atoms with E-state index in [2.05, 4.69) is 0 Å². The van der Waals surface area contributed by atoms with Crippen LogP contribution in [0.5, 0.6) is 0 Å². The average Bonchev–Trinajstić information content (AvgIpc) is 1.53. The Balaban J connectivity index is 3.79. The fourth-order valence-corrected chi connectivity index (χ4v) is 12.9. The number of hydrogen-bond acceptors (Lipinski definition) is 0. The van der Waals surface area contributed by atoms with Crippen molar-refractivity contribution in [3.63, 3.8) is 0 Å². The van der Waals surface area contributed by atoms with Gasteiger partial charge in [-0.05, 0) is 0 Å². The van der Waals surface area contributed by atoms with E-state index in [1.165, 1.54) is 0 Å². The fourth-order valence-electron chi connectivity index (χ4n) is 0.535. The Morgan fingerprint density at radius 3 is 1.27 bits per heavy atom. The van der Waals surface area contributed by atoms with E-state index in [0.717, 1.165) is 0 Å². The van der Waals surface area contributed by atoms with Gasteiger partial charge < -0.3 is 0 Å². The SMILES string of the molecule is ClC(Cl)[SiH2]C(Cl)(Cl)[SiH2]C(Cl)Cl. The highest BCUT2D eigenvalue weighted by Gasteiger charge is 2.30. The van der Waals surface area contributed by atoms with Crippen molar-refractivity contribution >= 4 is 88.6 Å². The van der Waals surface area contributed by atoms with Gasteiger partial charge in [0.1, 0.15) is 0 Å².